The Balaban J connectivity index is 2.32. The van der Waals surface area contributed by atoms with E-state index in [-0.39, 0.29) is 17.9 Å². The number of piperidine rings is 1. The fourth-order valence-electron chi connectivity index (χ4n) is 2.70. The van der Waals surface area contributed by atoms with Gasteiger partial charge in [-0.05, 0) is 40.3 Å². The maximum atomic E-state index is 12.3. The Morgan fingerprint density at radius 1 is 1.09 bits per heavy atom. The Morgan fingerprint density at radius 2 is 1.68 bits per heavy atom. The number of carbonyl (C=O) groups is 2. The highest BCUT2D eigenvalue weighted by Gasteiger charge is 2.28. The van der Waals surface area contributed by atoms with E-state index in [1.54, 1.807) is 0 Å². The molecule has 1 fully saturated rings. The van der Waals surface area contributed by atoms with Gasteiger partial charge in [-0.1, -0.05) is 6.92 Å². The summed E-state index contributed by atoms with van der Waals surface area (Å²) in [4.78, 5) is 30.3. The SMILES string of the molecule is CCN(C)CCNC(=O)C1CCN(C(=O)N(CC)CC)CC1. The molecule has 1 aliphatic rings. The number of nitrogens with zero attached hydrogens (tertiary/aromatic N) is 3. The van der Waals surface area contributed by atoms with Gasteiger partial charge in [0.05, 0.1) is 0 Å². The average Bonchev–Trinajstić information content (AvgIpc) is 2.55. The van der Waals surface area contributed by atoms with Crippen LogP contribution in [0.2, 0.25) is 0 Å². The lowest BCUT2D eigenvalue weighted by molar-refractivity contribution is -0.126. The molecule has 0 aromatic rings. The van der Waals surface area contributed by atoms with Gasteiger partial charge in [0.2, 0.25) is 5.91 Å². The van der Waals surface area contributed by atoms with Gasteiger partial charge < -0.3 is 20.0 Å². The van der Waals surface area contributed by atoms with Crippen LogP contribution in [0.25, 0.3) is 0 Å². The summed E-state index contributed by atoms with van der Waals surface area (Å²) in [6.45, 7) is 11.5. The van der Waals surface area contributed by atoms with Crippen LogP contribution in [-0.2, 0) is 4.79 Å². The quantitative estimate of drug-likeness (QED) is 0.769. The van der Waals surface area contributed by atoms with E-state index in [1.165, 1.54) is 0 Å². The molecule has 0 saturated carbocycles. The van der Waals surface area contributed by atoms with Crippen LogP contribution < -0.4 is 5.32 Å². The third-order valence-corrected chi connectivity index (χ3v) is 4.50. The zero-order chi connectivity index (χ0) is 16.5. The maximum Gasteiger partial charge on any atom is 0.319 e. The number of rotatable bonds is 7. The minimum Gasteiger partial charge on any atom is -0.355 e. The van der Waals surface area contributed by atoms with Gasteiger partial charge in [-0.2, -0.15) is 0 Å². The molecule has 0 unspecified atom stereocenters. The molecule has 0 aliphatic carbocycles. The second kappa shape index (κ2) is 9.66. The average molecular weight is 312 g/mol. The number of hydrogen-bond donors (Lipinski definition) is 1. The largest absolute Gasteiger partial charge is 0.355 e. The number of likely N-dealkylation sites (tertiary alicyclic amines) is 1. The van der Waals surface area contributed by atoms with E-state index in [0.29, 0.717) is 19.6 Å². The Morgan fingerprint density at radius 3 is 2.18 bits per heavy atom. The topological polar surface area (TPSA) is 55.9 Å². The number of nitrogens with one attached hydrogen (secondary N) is 1. The molecular formula is C16H32N4O2. The molecule has 1 heterocycles. The van der Waals surface area contributed by atoms with E-state index in [0.717, 1.165) is 39.0 Å². The molecule has 0 radical (unpaired) electrons. The first-order valence-electron chi connectivity index (χ1n) is 8.53. The molecule has 0 bridgehead atoms. The molecule has 0 aromatic heterocycles. The van der Waals surface area contributed by atoms with Gasteiger partial charge in [-0.3, -0.25) is 4.79 Å². The molecule has 1 aliphatic heterocycles. The molecule has 6 nitrogen and oxygen atoms in total. The second-order valence-electron chi connectivity index (χ2n) is 5.90. The van der Waals surface area contributed by atoms with Crippen molar-refractivity contribution in [3.05, 3.63) is 0 Å². The molecule has 0 aromatic carbocycles. The highest BCUT2D eigenvalue weighted by molar-refractivity contribution is 5.79. The molecule has 128 valence electrons. The summed E-state index contributed by atoms with van der Waals surface area (Å²) in [6, 6.07) is 0.105. The first-order chi connectivity index (χ1) is 10.5. The third kappa shape index (κ3) is 5.48. The predicted molar refractivity (Wildman–Crippen MR) is 88.8 cm³/mol. The van der Waals surface area contributed by atoms with E-state index in [4.69, 9.17) is 0 Å². The van der Waals surface area contributed by atoms with Gasteiger partial charge in [-0.15, -0.1) is 0 Å². The summed E-state index contributed by atoms with van der Waals surface area (Å²) < 4.78 is 0. The normalized spacial score (nSPS) is 16.0. The monoisotopic (exact) mass is 312 g/mol. The molecule has 1 N–H and O–H groups in total. The minimum atomic E-state index is 0.0488. The molecule has 6 heteroatoms. The molecule has 0 spiro atoms. The number of amides is 3. The Kier molecular flexibility index (Phi) is 8.24. The van der Waals surface area contributed by atoms with Gasteiger partial charge in [0, 0.05) is 45.2 Å². The lowest BCUT2D eigenvalue weighted by Crippen LogP contribution is -2.48. The standard InChI is InChI=1S/C16H32N4O2/c1-5-18(4)13-10-17-15(21)14-8-11-20(12-9-14)16(22)19(6-2)7-3/h14H,5-13H2,1-4H3,(H,17,21). The van der Waals surface area contributed by atoms with Crippen LogP contribution in [0.5, 0.6) is 0 Å². The lowest BCUT2D eigenvalue weighted by Gasteiger charge is -2.34. The summed E-state index contributed by atoms with van der Waals surface area (Å²) in [5.41, 5.74) is 0. The van der Waals surface area contributed by atoms with E-state index in [1.807, 2.05) is 30.7 Å². The predicted octanol–water partition coefficient (Wildman–Crippen LogP) is 1.23. The highest BCUT2D eigenvalue weighted by Crippen LogP contribution is 2.18. The molecule has 3 amide bonds. The lowest BCUT2D eigenvalue weighted by atomic mass is 9.96. The first-order valence-corrected chi connectivity index (χ1v) is 8.53. The van der Waals surface area contributed by atoms with E-state index in [2.05, 4.69) is 17.1 Å². The number of urea groups is 1. The van der Waals surface area contributed by atoms with Crippen LogP contribution in [-0.4, -0.2) is 79.5 Å². The minimum absolute atomic E-state index is 0.0488. The van der Waals surface area contributed by atoms with E-state index >= 15 is 0 Å². The van der Waals surface area contributed by atoms with Crippen molar-refractivity contribution in [2.24, 2.45) is 5.92 Å². The number of carbonyl (C=O) groups excluding carboxylic acids is 2. The fraction of sp³-hybridized carbons (Fsp3) is 0.875. The Bertz CT molecular complexity index is 350. The van der Waals surface area contributed by atoms with Crippen LogP contribution in [0.4, 0.5) is 4.79 Å². The van der Waals surface area contributed by atoms with Crippen molar-refractivity contribution in [1.29, 1.82) is 0 Å². The fourth-order valence-corrected chi connectivity index (χ4v) is 2.70. The van der Waals surface area contributed by atoms with Gasteiger partial charge in [-0.25, -0.2) is 4.79 Å². The Labute approximate surface area is 134 Å². The Hall–Kier alpha value is -1.30. The summed E-state index contributed by atoms with van der Waals surface area (Å²) >= 11 is 0. The summed E-state index contributed by atoms with van der Waals surface area (Å²) in [5.74, 6) is 0.187. The van der Waals surface area contributed by atoms with E-state index in [9.17, 15) is 9.59 Å². The summed E-state index contributed by atoms with van der Waals surface area (Å²) in [6.07, 6.45) is 1.53. The zero-order valence-corrected chi connectivity index (χ0v) is 14.6. The molecule has 0 atom stereocenters. The van der Waals surface area contributed by atoms with Gasteiger partial charge in [0.25, 0.3) is 0 Å². The smallest absolute Gasteiger partial charge is 0.319 e. The van der Waals surface area contributed by atoms with Gasteiger partial charge >= 0.3 is 6.03 Å². The van der Waals surface area contributed by atoms with Gasteiger partial charge in [0.15, 0.2) is 0 Å². The van der Waals surface area contributed by atoms with Crippen LogP contribution in [0.3, 0.4) is 0 Å². The van der Waals surface area contributed by atoms with Crippen molar-refractivity contribution in [1.82, 2.24) is 20.0 Å². The van der Waals surface area contributed by atoms with Crippen molar-refractivity contribution in [3.63, 3.8) is 0 Å². The first kappa shape index (κ1) is 18.7. The van der Waals surface area contributed by atoms with Crippen molar-refractivity contribution < 1.29 is 9.59 Å². The van der Waals surface area contributed by atoms with Crippen molar-refractivity contribution in [2.75, 3.05) is 52.9 Å². The molecule has 1 rings (SSSR count). The van der Waals surface area contributed by atoms with Crippen LogP contribution in [0.15, 0.2) is 0 Å². The zero-order valence-electron chi connectivity index (χ0n) is 14.6. The maximum absolute atomic E-state index is 12.3. The summed E-state index contributed by atoms with van der Waals surface area (Å²) in [7, 11) is 2.05. The molecule has 22 heavy (non-hydrogen) atoms. The van der Waals surface area contributed by atoms with Gasteiger partial charge in [0.1, 0.15) is 0 Å². The van der Waals surface area contributed by atoms with Crippen molar-refractivity contribution in [2.45, 2.75) is 33.6 Å². The van der Waals surface area contributed by atoms with E-state index < -0.39 is 0 Å². The molecular weight excluding hydrogens is 280 g/mol. The van der Waals surface area contributed by atoms with Crippen molar-refractivity contribution in [3.8, 4) is 0 Å². The van der Waals surface area contributed by atoms with Crippen LogP contribution >= 0.6 is 0 Å². The second-order valence-corrected chi connectivity index (χ2v) is 5.90. The molecule has 1 saturated heterocycles. The third-order valence-electron chi connectivity index (χ3n) is 4.50. The number of likely N-dealkylation sites (N-methyl/N-ethyl adjacent to an activating group) is 1. The van der Waals surface area contributed by atoms with Crippen molar-refractivity contribution >= 4 is 11.9 Å². The number of hydrogen-bond acceptors (Lipinski definition) is 3. The summed E-state index contributed by atoms with van der Waals surface area (Å²) in [5, 5.41) is 3.01. The van der Waals surface area contributed by atoms with Crippen LogP contribution in [0, 0.1) is 5.92 Å². The highest BCUT2D eigenvalue weighted by atomic mass is 16.2. The van der Waals surface area contributed by atoms with Crippen LogP contribution in [0.1, 0.15) is 33.6 Å².